The number of nitrogens with zero attached hydrogens (tertiary/aromatic N) is 1. The van der Waals surface area contributed by atoms with Crippen molar-refractivity contribution in [3.8, 4) is 0 Å². The van der Waals surface area contributed by atoms with Gasteiger partial charge in [-0.25, -0.2) is 9.78 Å². The van der Waals surface area contributed by atoms with E-state index in [9.17, 15) is 4.79 Å². The summed E-state index contributed by atoms with van der Waals surface area (Å²) in [6.45, 7) is 3.97. The molecule has 1 aromatic rings. The quantitative estimate of drug-likeness (QED) is 0.632. The van der Waals surface area contributed by atoms with E-state index in [1.165, 1.54) is 18.4 Å². The number of allylic oxidation sites excluding steroid dienone is 1. The average molecular weight is 226 g/mol. The summed E-state index contributed by atoms with van der Waals surface area (Å²) in [7, 11) is 1.35. The van der Waals surface area contributed by atoms with Gasteiger partial charge in [0.05, 0.1) is 18.4 Å². The molecule has 1 rings (SSSR count). The van der Waals surface area contributed by atoms with Crippen LogP contribution in [0.4, 0.5) is 5.13 Å². The molecule has 0 unspecified atom stereocenters. The Kier molecular flexibility index (Phi) is 3.85. The maximum absolute atomic E-state index is 11.5. The van der Waals surface area contributed by atoms with Crippen molar-refractivity contribution >= 4 is 28.0 Å². The summed E-state index contributed by atoms with van der Waals surface area (Å²) >= 11 is 1.31. The number of esters is 1. The van der Waals surface area contributed by atoms with E-state index in [4.69, 9.17) is 10.5 Å². The Labute approximate surface area is 92.8 Å². The van der Waals surface area contributed by atoms with Gasteiger partial charge in [-0.1, -0.05) is 19.9 Å². The van der Waals surface area contributed by atoms with Crippen LogP contribution < -0.4 is 5.73 Å². The zero-order chi connectivity index (χ0) is 11.4. The molecule has 0 bridgehead atoms. The molecule has 4 nitrogen and oxygen atoms in total. The molecule has 0 saturated heterocycles. The van der Waals surface area contributed by atoms with Gasteiger partial charge in [-0.2, -0.15) is 0 Å². The van der Waals surface area contributed by atoms with Crippen molar-refractivity contribution in [1.29, 1.82) is 0 Å². The minimum absolute atomic E-state index is 0.252. The lowest BCUT2D eigenvalue weighted by Gasteiger charge is -2.03. The summed E-state index contributed by atoms with van der Waals surface area (Å²) < 4.78 is 4.69. The molecule has 0 saturated carbocycles. The van der Waals surface area contributed by atoms with E-state index in [1.807, 2.05) is 19.9 Å². The average Bonchev–Trinajstić information content (AvgIpc) is 2.59. The van der Waals surface area contributed by atoms with Crippen LogP contribution in [0.2, 0.25) is 0 Å². The van der Waals surface area contributed by atoms with Crippen molar-refractivity contribution in [1.82, 2.24) is 4.98 Å². The van der Waals surface area contributed by atoms with Crippen LogP contribution in [-0.2, 0) is 9.53 Å². The highest BCUT2D eigenvalue weighted by Gasteiger charge is 2.15. The van der Waals surface area contributed by atoms with Crippen LogP contribution >= 0.6 is 11.3 Å². The van der Waals surface area contributed by atoms with E-state index < -0.39 is 0 Å². The monoisotopic (exact) mass is 226 g/mol. The lowest BCUT2D eigenvalue weighted by molar-refractivity contribution is -0.133. The molecule has 1 heterocycles. The van der Waals surface area contributed by atoms with E-state index >= 15 is 0 Å². The van der Waals surface area contributed by atoms with Crippen molar-refractivity contribution in [3.05, 3.63) is 17.2 Å². The van der Waals surface area contributed by atoms with Crippen LogP contribution in [0.15, 0.2) is 11.5 Å². The number of nitrogens with two attached hydrogens (primary N) is 1. The molecule has 15 heavy (non-hydrogen) atoms. The highest BCUT2D eigenvalue weighted by atomic mass is 32.1. The summed E-state index contributed by atoms with van der Waals surface area (Å²) in [5.74, 6) is -0.129. The number of rotatable bonds is 3. The first-order valence-electron chi connectivity index (χ1n) is 4.56. The Morgan fingerprint density at radius 1 is 1.67 bits per heavy atom. The van der Waals surface area contributed by atoms with Crippen molar-refractivity contribution < 1.29 is 9.53 Å². The van der Waals surface area contributed by atoms with Gasteiger partial charge in [-0.15, -0.1) is 11.3 Å². The Morgan fingerprint density at radius 3 is 2.73 bits per heavy atom. The van der Waals surface area contributed by atoms with Crippen molar-refractivity contribution in [3.63, 3.8) is 0 Å². The fourth-order valence-corrected chi connectivity index (χ4v) is 1.68. The maximum Gasteiger partial charge on any atom is 0.339 e. The maximum atomic E-state index is 11.5. The van der Waals surface area contributed by atoms with E-state index in [1.54, 1.807) is 5.38 Å². The molecule has 0 fully saturated rings. The van der Waals surface area contributed by atoms with Gasteiger partial charge in [-0.05, 0) is 5.92 Å². The smallest absolute Gasteiger partial charge is 0.339 e. The summed E-state index contributed by atoms with van der Waals surface area (Å²) in [6.07, 6.45) is 1.82. The van der Waals surface area contributed by atoms with Crippen LogP contribution in [0, 0.1) is 5.92 Å². The molecule has 0 amide bonds. The predicted molar refractivity (Wildman–Crippen MR) is 61.4 cm³/mol. The second-order valence-electron chi connectivity index (χ2n) is 3.39. The minimum atomic E-state index is -0.381. The number of carbonyl (C=O) groups is 1. The molecule has 0 aliphatic carbocycles. The van der Waals surface area contributed by atoms with Crippen molar-refractivity contribution in [2.45, 2.75) is 13.8 Å². The summed E-state index contributed by atoms with van der Waals surface area (Å²) in [5, 5.41) is 2.20. The van der Waals surface area contributed by atoms with Gasteiger partial charge < -0.3 is 10.5 Å². The molecular weight excluding hydrogens is 212 g/mol. The largest absolute Gasteiger partial charge is 0.465 e. The Bertz CT molecular complexity index is 383. The van der Waals surface area contributed by atoms with Crippen LogP contribution in [0.3, 0.4) is 0 Å². The van der Waals surface area contributed by atoms with Gasteiger partial charge in [0, 0.05) is 5.38 Å². The highest BCUT2D eigenvalue weighted by molar-refractivity contribution is 7.13. The van der Waals surface area contributed by atoms with Crippen molar-refractivity contribution in [2.24, 2.45) is 5.92 Å². The number of hydrogen-bond donors (Lipinski definition) is 1. The van der Waals surface area contributed by atoms with Crippen LogP contribution in [0.25, 0.3) is 5.57 Å². The highest BCUT2D eigenvalue weighted by Crippen LogP contribution is 2.21. The van der Waals surface area contributed by atoms with E-state index in [-0.39, 0.29) is 11.9 Å². The molecule has 0 atom stereocenters. The normalized spacial score (nSPS) is 11.9. The summed E-state index contributed by atoms with van der Waals surface area (Å²) in [4.78, 5) is 15.6. The topological polar surface area (TPSA) is 65.2 Å². The number of aromatic nitrogens is 1. The first kappa shape index (κ1) is 11.7. The number of nitrogen functional groups attached to an aromatic ring is 1. The van der Waals surface area contributed by atoms with Gasteiger partial charge in [0.1, 0.15) is 0 Å². The lowest BCUT2D eigenvalue weighted by atomic mass is 10.1. The zero-order valence-corrected chi connectivity index (χ0v) is 9.80. The Morgan fingerprint density at radius 2 is 2.33 bits per heavy atom. The summed E-state index contributed by atoms with van der Waals surface area (Å²) in [6, 6.07) is 0. The second-order valence-corrected chi connectivity index (χ2v) is 4.28. The SMILES string of the molecule is COC(=O)/C(=C/C(C)C)c1csc(N)n1. The molecule has 0 aromatic carbocycles. The number of ether oxygens (including phenoxy) is 1. The molecule has 0 radical (unpaired) electrons. The molecule has 0 aliphatic rings. The minimum Gasteiger partial charge on any atom is -0.465 e. The van der Waals surface area contributed by atoms with E-state index in [0.29, 0.717) is 16.4 Å². The number of carbonyl (C=O) groups excluding carboxylic acids is 1. The molecule has 5 heteroatoms. The first-order valence-corrected chi connectivity index (χ1v) is 5.44. The van der Waals surface area contributed by atoms with Gasteiger partial charge in [0.15, 0.2) is 5.13 Å². The molecule has 82 valence electrons. The van der Waals surface area contributed by atoms with Crippen LogP contribution in [0.1, 0.15) is 19.5 Å². The molecule has 2 N–H and O–H groups in total. The van der Waals surface area contributed by atoms with E-state index in [0.717, 1.165) is 0 Å². The Hall–Kier alpha value is -1.36. The van der Waals surface area contributed by atoms with Crippen molar-refractivity contribution in [2.75, 3.05) is 12.8 Å². The fourth-order valence-electron chi connectivity index (χ4n) is 1.11. The number of anilines is 1. The van der Waals surface area contributed by atoms with Crippen LogP contribution in [-0.4, -0.2) is 18.1 Å². The first-order chi connectivity index (χ1) is 7.04. The van der Waals surface area contributed by atoms with Gasteiger partial charge >= 0.3 is 5.97 Å². The number of thiazole rings is 1. The fraction of sp³-hybridized carbons (Fsp3) is 0.400. The molecule has 0 aliphatic heterocycles. The molecule has 0 spiro atoms. The lowest BCUT2D eigenvalue weighted by Crippen LogP contribution is -2.05. The zero-order valence-electron chi connectivity index (χ0n) is 8.98. The standard InChI is InChI=1S/C10H14N2O2S/c1-6(2)4-7(9(13)14-3)8-5-15-10(11)12-8/h4-6H,1-3H3,(H2,11,12)/b7-4+. The van der Waals surface area contributed by atoms with Gasteiger partial charge in [0.2, 0.25) is 0 Å². The van der Waals surface area contributed by atoms with Gasteiger partial charge in [-0.3, -0.25) is 0 Å². The summed E-state index contributed by atoms with van der Waals surface area (Å²) in [5.41, 5.74) is 6.57. The van der Waals surface area contributed by atoms with E-state index in [2.05, 4.69) is 4.98 Å². The third-order valence-electron chi connectivity index (χ3n) is 1.70. The predicted octanol–water partition coefficient (Wildman–Crippen LogP) is 1.94. The second kappa shape index (κ2) is 4.93. The Balaban J connectivity index is 3.07. The number of hydrogen-bond acceptors (Lipinski definition) is 5. The van der Waals surface area contributed by atoms with Gasteiger partial charge in [0.25, 0.3) is 0 Å². The molecule has 1 aromatic heterocycles. The number of methoxy groups -OCH3 is 1. The van der Waals surface area contributed by atoms with Crippen LogP contribution in [0.5, 0.6) is 0 Å². The molecular formula is C10H14N2O2S. The third kappa shape index (κ3) is 3.06. The third-order valence-corrected chi connectivity index (χ3v) is 2.38.